The largest absolute Gasteiger partial charge is 0.495 e. The number of halogens is 1. The average molecular weight is 229 g/mol. The van der Waals surface area contributed by atoms with Gasteiger partial charge in [0.1, 0.15) is 5.75 Å². The molecule has 1 aromatic carbocycles. The topological polar surface area (TPSA) is 64.3 Å². The van der Waals surface area contributed by atoms with Crippen molar-refractivity contribution in [3.8, 4) is 5.75 Å². The second kappa shape index (κ2) is 5.00. The Kier molecular flexibility index (Phi) is 3.94. The summed E-state index contributed by atoms with van der Waals surface area (Å²) in [6, 6.07) is 3.40. The quantitative estimate of drug-likeness (QED) is 0.825. The predicted molar refractivity (Wildman–Crippen MR) is 60.4 cm³/mol. The number of nitrogens with two attached hydrogens (primary N) is 1. The van der Waals surface area contributed by atoms with Crippen molar-refractivity contribution in [1.82, 2.24) is 0 Å². The predicted octanol–water partition coefficient (Wildman–Crippen LogP) is 1.55. The van der Waals surface area contributed by atoms with Gasteiger partial charge in [0, 0.05) is 11.1 Å². The van der Waals surface area contributed by atoms with Crippen LogP contribution in [0.5, 0.6) is 5.75 Å². The molecule has 0 spiro atoms. The lowest BCUT2D eigenvalue weighted by Gasteiger charge is -2.11. The van der Waals surface area contributed by atoms with Gasteiger partial charge in [0.25, 0.3) is 0 Å². The number of amides is 1. The molecule has 0 aliphatic rings. The summed E-state index contributed by atoms with van der Waals surface area (Å²) < 4.78 is 5.09. The highest BCUT2D eigenvalue weighted by Gasteiger charge is 2.08. The van der Waals surface area contributed by atoms with Crippen LogP contribution in [0.15, 0.2) is 12.1 Å². The number of benzene rings is 1. The first-order chi connectivity index (χ1) is 7.08. The zero-order valence-corrected chi connectivity index (χ0v) is 9.39. The van der Waals surface area contributed by atoms with Crippen LogP contribution in [0.2, 0.25) is 5.02 Å². The number of anilines is 1. The summed E-state index contributed by atoms with van der Waals surface area (Å²) in [7, 11) is 1.51. The van der Waals surface area contributed by atoms with E-state index in [1.807, 2.05) is 6.92 Å². The molecule has 0 saturated carbocycles. The minimum Gasteiger partial charge on any atom is -0.495 e. The van der Waals surface area contributed by atoms with E-state index in [1.165, 1.54) is 7.11 Å². The zero-order chi connectivity index (χ0) is 11.4. The molecule has 0 atom stereocenters. The summed E-state index contributed by atoms with van der Waals surface area (Å²) in [5.41, 5.74) is 6.64. The number of carbonyl (C=O) groups excluding carboxylic acids is 1. The molecule has 0 fully saturated rings. The van der Waals surface area contributed by atoms with Crippen LogP contribution < -0.4 is 15.8 Å². The van der Waals surface area contributed by atoms with Gasteiger partial charge in [0.15, 0.2) is 0 Å². The number of carbonyl (C=O) groups is 1. The number of hydrogen-bond acceptors (Lipinski definition) is 3. The zero-order valence-electron chi connectivity index (χ0n) is 8.63. The van der Waals surface area contributed by atoms with Crippen LogP contribution in [0, 0.1) is 6.92 Å². The third kappa shape index (κ3) is 2.84. The molecule has 5 heteroatoms. The van der Waals surface area contributed by atoms with Gasteiger partial charge in [-0.15, -0.1) is 0 Å². The van der Waals surface area contributed by atoms with E-state index in [1.54, 1.807) is 12.1 Å². The monoisotopic (exact) mass is 228 g/mol. The van der Waals surface area contributed by atoms with Crippen molar-refractivity contribution in [3.63, 3.8) is 0 Å². The molecule has 0 saturated heterocycles. The maximum absolute atomic E-state index is 11.1. The molecule has 4 nitrogen and oxygen atoms in total. The summed E-state index contributed by atoms with van der Waals surface area (Å²) in [5.74, 6) is 0.252. The lowest BCUT2D eigenvalue weighted by molar-refractivity contribution is -0.114. The van der Waals surface area contributed by atoms with Gasteiger partial charge < -0.3 is 15.8 Å². The molecule has 0 radical (unpaired) electrons. The van der Waals surface area contributed by atoms with Crippen LogP contribution in [0.4, 0.5) is 5.69 Å². The molecule has 1 rings (SSSR count). The fourth-order valence-corrected chi connectivity index (χ4v) is 1.28. The third-order valence-corrected chi connectivity index (χ3v) is 2.35. The van der Waals surface area contributed by atoms with Crippen molar-refractivity contribution in [2.24, 2.45) is 5.73 Å². The highest BCUT2D eigenvalue weighted by molar-refractivity contribution is 6.31. The Balaban J connectivity index is 3.05. The molecule has 0 heterocycles. The summed E-state index contributed by atoms with van der Waals surface area (Å²) in [6.45, 7) is 1.78. The average Bonchev–Trinajstić information content (AvgIpc) is 2.22. The third-order valence-electron chi connectivity index (χ3n) is 1.94. The Bertz CT molecular complexity index is 380. The molecule has 0 bridgehead atoms. The number of methoxy groups -OCH3 is 1. The van der Waals surface area contributed by atoms with Gasteiger partial charge in [-0.3, -0.25) is 4.79 Å². The fourth-order valence-electron chi connectivity index (χ4n) is 1.13. The minimum atomic E-state index is -0.268. The Morgan fingerprint density at radius 1 is 1.60 bits per heavy atom. The molecule has 3 N–H and O–H groups in total. The van der Waals surface area contributed by atoms with Crippen molar-refractivity contribution in [2.75, 3.05) is 19.0 Å². The van der Waals surface area contributed by atoms with Gasteiger partial charge in [-0.1, -0.05) is 11.6 Å². The summed E-state index contributed by atoms with van der Waals surface area (Å²) in [4.78, 5) is 11.1. The summed E-state index contributed by atoms with van der Waals surface area (Å²) in [6.07, 6.45) is 0. The summed E-state index contributed by atoms with van der Waals surface area (Å²) in [5, 5.41) is 3.23. The van der Waals surface area contributed by atoms with E-state index < -0.39 is 0 Å². The minimum absolute atomic E-state index is 0.0647. The number of hydrogen-bond donors (Lipinski definition) is 2. The normalized spacial score (nSPS) is 9.87. The number of aryl methyl sites for hydroxylation is 1. The number of nitrogens with one attached hydrogen (secondary N) is 1. The van der Waals surface area contributed by atoms with E-state index in [9.17, 15) is 4.79 Å². The standard InChI is InChI=1S/C10H13ClN2O2/c1-6-3-8(13-10(14)5-12)9(15-2)4-7(6)11/h3-4H,5,12H2,1-2H3,(H,13,14). The number of rotatable bonds is 3. The van der Waals surface area contributed by atoms with E-state index in [2.05, 4.69) is 5.32 Å². The lowest BCUT2D eigenvalue weighted by atomic mass is 10.2. The van der Waals surface area contributed by atoms with E-state index in [0.717, 1.165) is 5.56 Å². The van der Waals surface area contributed by atoms with Crippen molar-refractivity contribution < 1.29 is 9.53 Å². The first kappa shape index (κ1) is 11.8. The van der Waals surface area contributed by atoms with E-state index >= 15 is 0 Å². The van der Waals surface area contributed by atoms with Gasteiger partial charge >= 0.3 is 0 Å². The molecular formula is C10H13ClN2O2. The van der Waals surface area contributed by atoms with Crippen LogP contribution in [-0.4, -0.2) is 19.6 Å². The molecule has 0 aromatic heterocycles. The molecule has 1 aromatic rings. The van der Waals surface area contributed by atoms with E-state index in [0.29, 0.717) is 16.5 Å². The van der Waals surface area contributed by atoms with E-state index in [4.69, 9.17) is 22.1 Å². The van der Waals surface area contributed by atoms with Crippen LogP contribution in [0.25, 0.3) is 0 Å². The molecular weight excluding hydrogens is 216 g/mol. The second-order valence-electron chi connectivity index (χ2n) is 3.05. The van der Waals surface area contributed by atoms with Crippen LogP contribution in [0.3, 0.4) is 0 Å². The fraction of sp³-hybridized carbons (Fsp3) is 0.300. The Hall–Kier alpha value is -1.26. The molecule has 0 unspecified atom stereocenters. The van der Waals surface area contributed by atoms with E-state index in [-0.39, 0.29) is 12.5 Å². The molecule has 0 aliphatic carbocycles. The lowest BCUT2D eigenvalue weighted by Crippen LogP contribution is -2.22. The first-order valence-corrected chi connectivity index (χ1v) is 4.80. The van der Waals surface area contributed by atoms with Gasteiger partial charge in [-0.05, 0) is 18.6 Å². The van der Waals surface area contributed by atoms with Crippen molar-refractivity contribution in [1.29, 1.82) is 0 Å². The maximum atomic E-state index is 11.1. The van der Waals surface area contributed by atoms with Crippen LogP contribution in [0.1, 0.15) is 5.56 Å². The van der Waals surface area contributed by atoms with Gasteiger partial charge in [0.2, 0.25) is 5.91 Å². The van der Waals surface area contributed by atoms with Gasteiger partial charge in [0.05, 0.1) is 19.3 Å². The van der Waals surface area contributed by atoms with Gasteiger partial charge in [-0.25, -0.2) is 0 Å². The van der Waals surface area contributed by atoms with Crippen LogP contribution >= 0.6 is 11.6 Å². The Morgan fingerprint density at radius 2 is 2.27 bits per heavy atom. The smallest absolute Gasteiger partial charge is 0.238 e. The molecule has 0 aliphatic heterocycles. The highest BCUT2D eigenvalue weighted by Crippen LogP contribution is 2.30. The molecule has 82 valence electrons. The summed E-state index contributed by atoms with van der Waals surface area (Å²) >= 11 is 5.92. The van der Waals surface area contributed by atoms with Crippen molar-refractivity contribution in [2.45, 2.75) is 6.92 Å². The second-order valence-corrected chi connectivity index (χ2v) is 3.46. The number of ether oxygens (including phenoxy) is 1. The highest BCUT2D eigenvalue weighted by atomic mass is 35.5. The Labute approximate surface area is 93.4 Å². The maximum Gasteiger partial charge on any atom is 0.238 e. The van der Waals surface area contributed by atoms with Crippen molar-refractivity contribution >= 4 is 23.2 Å². The molecule has 1 amide bonds. The van der Waals surface area contributed by atoms with Gasteiger partial charge in [-0.2, -0.15) is 0 Å². The van der Waals surface area contributed by atoms with Crippen LogP contribution in [-0.2, 0) is 4.79 Å². The Morgan fingerprint density at radius 3 is 2.80 bits per heavy atom. The first-order valence-electron chi connectivity index (χ1n) is 4.42. The molecule has 15 heavy (non-hydrogen) atoms. The van der Waals surface area contributed by atoms with Crippen molar-refractivity contribution in [3.05, 3.63) is 22.7 Å². The SMILES string of the molecule is COc1cc(Cl)c(C)cc1NC(=O)CN.